The predicted molar refractivity (Wildman–Crippen MR) is 73.6 cm³/mol. The van der Waals surface area contributed by atoms with E-state index in [4.69, 9.17) is 4.74 Å². The van der Waals surface area contributed by atoms with Crippen molar-refractivity contribution in [2.45, 2.75) is 17.4 Å². The highest BCUT2D eigenvalue weighted by atomic mass is 32.2. The van der Waals surface area contributed by atoms with Crippen LogP contribution in [0.15, 0.2) is 47.4 Å². The second-order valence-corrected chi connectivity index (χ2v) is 6.35. The minimum atomic E-state index is -3.72. The largest absolute Gasteiger partial charge is 0.464 e. The smallest absolute Gasteiger partial charge is 0.324 e. The summed E-state index contributed by atoms with van der Waals surface area (Å²) in [5.41, 5.74) is 0. The third kappa shape index (κ3) is 2.39. The minimum absolute atomic E-state index is 0.149. The first-order chi connectivity index (χ1) is 9.56. The SMILES string of the molecule is O=C1OCCC1NS(=O)(=O)c1ccc2ccccc2c1. The number of rotatable bonds is 3. The van der Waals surface area contributed by atoms with Crippen LogP contribution >= 0.6 is 0 Å². The summed E-state index contributed by atoms with van der Waals surface area (Å²) in [5.74, 6) is -0.519. The molecular formula is C14H13NO4S. The molecule has 1 saturated heterocycles. The van der Waals surface area contributed by atoms with E-state index in [1.807, 2.05) is 24.3 Å². The maximum atomic E-state index is 12.3. The topological polar surface area (TPSA) is 72.5 Å². The summed E-state index contributed by atoms with van der Waals surface area (Å²) in [6, 6.07) is 11.6. The van der Waals surface area contributed by atoms with E-state index in [1.165, 1.54) is 6.07 Å². The molecule has 0 spiro atoms. The Labute approximate surface area is 116 Å². The van der Waals surface area contributed by atoms with Crippen LogP contribution in [-0.4, -0.2) is 27.0 Å². The molecule has 1 aliphatic heterocycles. The molecule has 0 aromatic heterocycles. The first-order valence-corrected chi connectivity index (χ1v) is 7.72. The normalized spacial score (nSPS) is 19.2. The Balaban J connectivity index is 1.94. The highest BCUT2D eigenvalue weighted by molar-refractivity contribution is 7.89. The molecule has 6 heteroatoms. The van der Waals surface area contributed by atoms with E-state index in [1.54, 1.807) is 12.1 Å². The van der Waals surface area contributed by atoms with Gasteiger partial charge in [0.05, 0.1) is 11.5 Å². The Morgan fingerprint density at radius 2 is 1.85 bits per heavy atom. The van der Waals surface area contributed by atoms with E-state index in [-0.39, 0.29) is 11.5 Å². The molecule has 0 radical (unpaired) electrons. The standard InChI is InChI=1S/C14H13NO4S/c16-14-13(7-8-19-14)15-20(17,18)12-6-5-10-3-1-2-4-11(10)9-12/h1-6,9,13,15H,7-8H2. The van der Waals surface area contributed by atoms with Gasteiger partial charge in [0, 0.05) is 6.42 Å². The fraction of sp³-hybridized carbons (Fsp3) is 0.214. The van der Waals surface area contributed by atoms with Crippen LogP contribution in [0.25, 0.3) is 10.8 Å². The van der Waals surface area contributed by atoms with Gasteiger partial charge in [0.1, 0.15) is 6.04 Å². The molecule has 0 saturated carbocycles. The number of carbonyl (C=O) groups excluding carboxylic acids is 1. The van der Waals surface area contributed by atoms with Gasteiger partial charge in [-0.1, -0.05) is 30.3 Å². The Bertz CT molecular complexity index is 770. The fourth-order valence-electron chi connectivity index (χ4n) is 2.19. The van der Waals surface area contributed by atoms with E-state index in [9.17, 15) is 13.2 Å². The van der Waals surface area contributed by atoms with Crippen LogP contribution in [0.1, 0.15) is 6.42 Å². The molecule has 2 aromatic rings. The van der Waals surface area contributed by atoms with Crippen LogP contribution in [0.4, 0.5) is 0 Å². The van der Waals surface area contributed by atoms with E-state index in [2.05, 4.69) is 4.72 Å². The van der Waals surface area contributed by atoms with Crippen LogP contribution < -0.4 is 4.72 Å². The van der Waals surface area contributed by atoms with Gasteiger partial charge in [-0.25, -0.2) is 8.42 Å². The van der Waals surface area contributed by atoms with Crippen molar-refractivity contribution in [3.05, 3.63) is 42.5 Å². The van der Waals surface area contributed by atoms with E-state index in [0.29, 0.717) is 6.42 Å². The lowest BCUT2D eigenvalue weighted by atomic mass is 10.1. The Morgan fingerprint density at radius 3 is 2.55 bits per heavy atom. The number of nitrogens with one attached hydrogen (secondary N) is 1. The molecule has 1 unspecified atom stereocenters. The Morgan fingerprint density at radius 1 is 1.10 bits per heavy atom. The average molecular weight is 291 g/mol. The maximum absolute atomic E-state index is 12.3. The molecule has 1 atom stereocenters. The molecule has 0 bridgehead atoms. The lowest BCUT2D eigenvalue weighted by Gasteiger charge is -2.10. The van der Waals surface area contributed by atoms with Gasteiger partial charge in [-0.15, -0.1) is 0 Å². The Hall–Kier alpha value is -1.92. The number of carbonyl (C=O) groups is 1. The molecule has 20 heavy (non-hydrogen) atoms. The van der Waals surface area contributed by atoms with Crippen LogP contribution in [-0.2, 0) is 19.6 Å². The zero-order chi connectivity index (χ0) is 14.2. The van der Waals surface area contributed by atoms with Gasteiger partial charge in [0.2, 0.25) is 10.0 Å². The fourth-order valence-corrected chi connectivity index (χ4v) is 3.45. The van der Waals surface area contributed by atoms with Crippen molar-refractivity contribution in [1.29, 1.82) is 0 Å². The number of ether oxygens (including phenoxy) is 1. The zero-order valence-corrected chi connectivity index (χ0v) is 11.4. The lowest BCUT2D eigenvalue weighted by molar-refractivity contribution is -0.139. The number of esters is 1. The average Bonchev–Trinajstić information content (AvgIpc) is 2.83. The van der Waals surface area contributed by atoms with Crippen molar-refractivity contribution in [2.24, 2.45) is 0 Å². The van der Waals surface area contributed by atoms with Crippen LogP contribution in [0.3, 0.4) is 0 Å². The van der Waals surface area contributed by atoms with Crippen molar-refractivity contribution < 1.29 is 17.9 Å². The first-order valence-electron chi connectivity index (χ1n) is 6.24. The third-order valence-corrected chi connectivity index (χ3v) is 4.73. The maximum Gasteiger partial charge on any atom is 0.324 e. The predicted octanol–water partition coefficient (Wildman–Crippen LogP) is 1.43. The summed E-state index contributed by atoms with van der Waals surface area (Å²) in [4.78, 5) is 11.5. The Kier molecular flexibility index (Phi) is 3.19. The highest BCUT2D eigenvalue weighted by Crippen LogP contribution is 2.20. The van der Waals surface area contributed by atoms with Crippen LogP contribution in [0.2, 0.25) is 0 Å². The molecule has 1 aliphatic rings. The lowest BCUT2D eigenvalue weighted by Crippen LogP contribution is -2.37. The van der Waals surface area contributed by atoms with E-state index in [0.717, 1.165) is 10.8 Å². The molecule has 104 valence electrons. The molecule has 1 N–H and O–H groups in total. The summed E-state index contributed by atoms with van der Waals surface area (Å²) >= 11 is 0. The number of hydrogen-bond donors (Lipinski definition) is 1. The van der Waals surface area contributed by atoms with Gasteiger partial charge < -0.3 is 4.74 Å². The van der Waals surface area contributed by atoms with Gasteiger partial charge in [-0.2, -0.15) is 4.72 Å². The van der Waals surface area contributed by atoms with Gasteiger partial charge >= 0.3 is 5.97 Å². The number of sulfonamides is 1. The van der Waals surface area contributed by atoms with Crippen molar-refractivity contribution in [3.63, 3.8) is 0 Å². The number of hydrogen-bond acceptors (Lipinski definition) is 4. The van der Waals surface area contributed by atoms with Crippen molar-refractivity contribution in [1.82, 2.24) is 4.72 Å². The highest BCUT2D eigenvalue weighted by Gasteiger charge is 2.31. The monoisotopic (exact) mass is 291 g/mol. The molecule has 1 fully saturated rings. The number of fused-ring (bicyclic) bond motifs is 1. The molecule has 1 heterocycles. The summed E-state index contributed by atoms with van der Waals surface area (Å²) in [6.07, 6.45) is 0.367. The molecule has 3 rings (SSSR count). The second kappa shape index (κ2) is 4.88. The first kappa shape index (κ1) is 13.1. The summed E-state index contributed by atoms with van der Waals surface area (Å²) in [6.45, 7) is 0.254. The number of benzene rings is 2. The van der Waals surface area contributed by atoms with Crippen molar-refractivity contribution in [2.75, 3.05) is 6.61 Å². The van der Waals surface area contributed by atoms with Gasteiger partial charge in [0.25, 0.3) is 0 Å². The molecule has 0 aliphatic carbocycles. The van der Waals surface area contributed by atoms with Crippen molar-refractivity contribution >= 4 is 26.8 Å². The minimum Gasteiger partial charge on any atom is -0.464 e. The van der Waals surface area contributed by atoms with Crippen LogP contribution in [0, 0.1) is 0 Å². The summed E-state index contributed by atoms with van der Waals surface area (Å²) in [7, 11) is -3.72. The van der Waals surface area contributed by atoms with Gasteiger partial charge in [0.15, 0.2) is 0 Å². The molecule has 0 amide bonds. The third-order valence-electron chi connectivity index (χ3n) is 3.26. The molecular weight excluding hydrogens is 278 g/mol. The number of cyclic esters (lactones) is 1. The second-order valence-electron chi connectivity index (χ2n) is 4.64. The summed E-state index contributed by atoms with van der Waals surface area (Å²) < 4.78 is 31.7. The van der Waals surface area contributed by atoms with Gasteiger partial charge in [-0.3, -0.25) is 4.79 Å². The quantitative estimate of drug-likeness (QED) is 0.868. The van der Waals surface area contributed by atoms with Crippen LogP contribution in [0.5, 0.6) is 0 Å². The summed E-state index contributed by atoms with van der Waals surface area (Å²) in [5, 5.41) is 1.80. The van der Waals surface area contributed by atoms with E-state index < -0.39 is 22.0 Å². The molecule has 2 aromatic carbocycles. The van der Waals surface area contributed by atoms with Gasteiger partial charge in [-0.05, 0) is 22.9 Å². The zero-order valence-electron chi connectivity index (χ0n) is 10.6. The van der Waals surface area contributed by atoms with Crippen molar-refractivity contribution in [3.8, 4) is 0 Å². The van der Waals surface area contributed by atoms with E-state index >= 15 is 0 Å². The molecule has 5 nitrogen and oxygen atoms in total.